The maximum atomic E-state index is 4.23. The number of hydrogen-bond donors (Lipinski definition) is 0. The summed E-state index contributed by atoms with van der Waals surface area (Å²) in [6.07, 6.45) is 2.22. The second-order valence-corrected chi connectivity index (χ2v) is 5.02. The molecule has 0 amide bonds. The normalized spacial score (nSPS) is 20.3. The summed E-state index contributed by atoms with van der Waals surface area (Å²) < 4.78 is 0. The summed E-state index contributed by atoms with van der Waals surface area (Å²) in [7, 11) is 0. The van der Waals surface area contributed by atoms with E-state index in [-0.39, 0.29) is 0 Å². The van der Waals surface area contributed by atoms with Crippen LogP contribution in [0.5, 0.6) is 0 Å². The zero-order valence-corrected chi connectivity index (χ0v) is 11.3. The van der Waals surface area contributed by atoms with Crippen LogP contribution in [0.4, 0.5) is 0 Å². The molecule has 1 fully saturated rings. The van der Waals surface area contributed by atoms with Crippen LogP contribution < -0.4 is 0 Å². The molecule has 1 heteroatoms. The van der Waals surface area contributed by atoms with Crippen LogP contribution in [0.3, 0.4) is 0 Å². The van der Waals surface area contributed by atoms with Gasteiger partial charge in [-0.2, -0.15) is 0 Å². The van der Waals surface area contributed by atoms with Gasteiger partial charge in [0.15, 0.2) is 0 Å². The number of allylic oxidation sites excluding steroid dienone is 2. The lowest BCUT2D eigenvalue weighted by atomic mass is 9.87. The van der Waals surface area contributed by atoms with Gasteiger partial charge in [0.25, 0.3) is 0 Å². The van der Waals surface area contributed by atoms with Gasteiger partial charge in [0.1, 0.15) is 0 Å². The molecule has 0 bridgehead atoms. The molecule has 0 spiro atoms. The summed E-state index contributed by atoms with van der Waals surface area (Å²) in [4.78, 5) is 2.36. The largest absolute Gasteiger partial charge is 0.371 e. The van der Waals surface area contributed by atoms with Gasteiger partial charge in [-0.3, -0.25) is 0 Å². The Balaban J connectivity index is 2.99. The number of piperidine rings is 1. The van der Waals surface area contributed by atoms with Crippen molar-refractivity contribution < 1.29 is 0 Å². The number of hydrogen-bond acceptors (Lipinski definition) is 1. The molecule has 0 aromatic heterocycles. The highest BCUT2D eigenvalue weighted by atomic mass is 15.1. The van der Waals surface area contributed by atoms with Crippen LogP contribution in [0, 0.1) is 5.92 Å². The fourth-order valence-electron chi connectivity index (χ4n) is 2.43. The Labute approximate surface area is 101 Å². The summed E-state index contributed by atoms with van der Waals surface area (Å²) >= 11 is 0. The lowest BCUT2D eigenvalue weighted by molar-refractivity contribution is 0.356. The quantitative estimate of drug-likeness (QED) is 0.689. The van der Waals surface area contributed by atoms with Crippen LogP contribution in [0.2, 0.25) is 0 Å². The Morgan fingerprint density at radius 2 is 2.06 bits per heavy atom. The van der Waals surface area contributed by atoms with E-state index in [2.05, 4.69) is 45.8 Å². The third-order valence-electron chi connectivity index (χ3n) is 3.46. The van der Waals surface area contributed by atoms with Crippen LogP contribution in [0.15, 0.2) is 35.6 Å². The fraction of sp³-hybridized carbons (Fsp3) is 0.600. The first-order valence-corrected chi connectivity index (χ1v) is 6.27. The molecule has 0 unspecified atom stereocenters. The van der Waals surface area contributed by atoms with E-state index in [0.29, 0.717) is 5.92 Å². The molecule has 16 heavy (non-hydrogen) atoms. The van der Waals surface area contributed by atoms with E-state index in [1.54, 1.807) is 5.57 Å². The molecule has 1 aliphatic rings. The Hall–Kier alpha value is -0.980. The second kappa shape index (κ2) is 5.38. The number of likely N-dealkylation sites (tertiary alicyclic amines) is 1. The molecular formula is C15H25N. The van der Waals surface area contributed by atoms with Gasteiger partial charge in [0.05, 0.1) is 0 Å². The topological polar surface area (TPSA) is 3.24 Å². The lowest BCUT2D eigenvalue weighted by Gasteiger charge is -2.34. The lowest BCUT2D eigenvalue weighted by Crippen LogP contribution is -2.31. The molecule has 1 nitrogen and oxygen atoms in total. The highest BCUT2D eigenvalue weighted by molar-refractivity contribution is 5.38. The molecule has 1 aliphatic heterocycles. The highest BCUT2D eigenvalue weighted by Crippen LogP contribution is 2.30. The maximum Gasteiger partial charge on any atom is 0.0428 e. The second-order valence-electron chi connectivity index (χ2n) is 5.02. The number of nitrogens with zero attached hydrogens (tertiary/aromatic N) is 1. The van der Waals surface area contributed by atoms with E-state index in [1.807, 2.05) is 0 Å². The molecule has 0 aromatic rings. The summed E-state index contributed by atoms with van der Waals surface area (Å²) in [5, 5.41) is 0. The van der Waals surface area contributed by atoms with Gasteiger partial charge in [-0.1, -0.05) is 39.5 Å². The van der Waals surface area contributed by atoms with Gasteiger partial charge in [-0.05, 0) is 36.8 Å². The van der Waals surface area contributed by atoms with E-state index in [0.717, 1.165) is 25.9 Å². The van der Waals surface area contributed by atoms with Crippen molar-refractivity contribution in [2.45, 2.75) is 40.5 Å². The molecule has 1 rings (SSSR count). The third-order valence-corrected chi connectivity index (χ3v) is 3.46. The highest BCUT2D eigenvalue weighted by Gasteiger charge is 2.20. The molecule has 0 radical (unpaired) electrons. The predicted molar refractivity (Wildman–Crippen MR) is 72.3 cm³/mol. The van der Waals surface area contributed by atoms with Gasteiger partial charge in [0.2, 0.25) is 0 Å². The molecule has 0 aromatic carbocycles. The van der Waals surface area contributed by atoms with Crippen molar-refractivity contribution in [1.29, 1.82) is 0 Å². The zero-order valence-electron chi connectivity index (χ0n) is 11.3. The minimum atomic E-state index is 0.627. The Bertz CT molecular complexity index is 320. The van der Waals surface area contributed by atoms with Crippen molar-refractivity contribution in [2.24, 2.45) is 5.92 Å². The minimum Gasteiger partial charge on any atom is -0.371 e. The summed E-state index contributed by atoms with van der Waals surface area (Å²) in [6.45, 7) is 19.2. The molecule has 1 saturated heterocycles. The molecular weight excluding hydrogens is 194 g/mol. The first-order chi connectivity index (χ1) is 7.47. The first kappa shape index (κ1) is 13.1. The van der Waals surface area contributed by atoms with Crippen LogP contribution in [0.1, 0.15) is 40.5 Å². The smallest absolute Gasteiger partial charge is 0.0428 e. The van der Waals surface area contributed by atoms with E-state index in [4.69, 9.17) is 0 Å². The average molecular weight is 219 g/mol. The molecule has 90 valence electrons. The van der Waals surface area contributed by atoms with E-state index in [9.17, 15) is 0 Å². The van der Waals surface area contributed by atoms with E-state index >= 15 is 0 Å². The minimum absolute atomic E-state index is 0.627. The van der Waals surface area contributed by atoms with Gasteiger partial charge >= 0.3 is 0 Å². The third kappa shape index (κ3) is 2.78. The monoisotopic (exact) mass is 219 g/mol. The Kier molecular flexibility index (Phi) is 4.40. The van der Waals surface area contributed by atoms with E-state index < -0.39 is 0 Å². The van der Waals surface area contributed by atoms with Crippen molar-refractivity contribution in [3.05, 3.63) is 35.6 Å². The van der Waals surface area contributed by atoms with Crippen LogP contribution in [-0.4, -0.2) is 18.0 Å². The van der Waals surface area contributed by atoms with Gasteiger partial charge in [-0.15, -0.1) is 0 Å². The van der Waals surface area contributed by atoms with Crippen LogP contribution in [-0.2, 0) is 0 Å². The van der Waals surface area contributed by atoms with Gasteiger partial charge < -0.3 is 4.90 Å². The van der Waals surface area contributed by atoms with Gasteiger partial charge in [0, 0.05) is 18.8 Å². The Morgan fingerprint density at radius 3 is 2.50 bits per heavy atom. The van der Waals surface area contributed by atoms with E-state index in [1.165, 1.54) is 16.8 Å². The predicted octanol–water partition coefficient (Wildman–Crippen LogP) is 4.14. The maximum absolute atomic E-state index is 4.23. The van der Waals surface area contributed by atoms with Crippen molar-refractivity contribution >= 4 is 0 Å². The van der Waals surface area contributed by atoms with Crippen molar-refractivity contribution in [1.82, 2.24) is 4.90 Å². The van der Waals surface area contributed by atoms with Crippen molar-refractivity contribution in [3.63, 3.8) is 0 Å². The van der Waals surface area contributed by atoms with Gasteiger partial charge in [-0.25, -0.2) is 0 Å². The first-order valence-electron chi connectivity index (χ1n) is 6.27. The molecule has 0 aliphatic carbocycles. The van der Waals surface area contributed by atoms with Crippen LogP contribution in [0.25, 0.3) is 0 Å². The molecule has 0 N–H and O–H groups in total. The molecule has 0 atom stereocenters. The standard InChI is InChI=1S/C15H25N/c1-7-14(11(2)3)15-10-16(12(4)5)9-8-13(15)6/h11H,4,6-10H2,1-3,5H3/b15-14+. The summed E-state index contributed by atoms with van der Waals surface area (Å²) in [5.41, 5.74) is 5.55. The Morgan fingerprint density at radius 1 is 1.44 bits per heavy atom. The summed E-state index contributed by atoms with van der Waals surface area (Å²) in [6, 6.07) is 0. The SMILES string of the molecule is C=C1CCN(C(=C)C)C/C1=C(/CC)C(C)C. The molecule has 1 heterocycles. The van der Waals surface area contributed by atoms with Crippen molar-refractivity contribution in [2.75, 3.05) is 13.1 Å². The van der Waals surface area contributed by atoms with Crippen molar-refractivity contribution in [3.8, 4) is 0 Å². The van der Waals surface area contributed by atoms with Crippen LogP contribution >= 0.6 is 0 Å². The number of rotatable bonds is 3. The molecule has 0 saturated carbocycles. The summed E-state index contributed by atoms with van der Waals surface area (Å²) in [5.74, 6) is 0.627. The fourth-order valence-corrected chi connectivity index (χ4v) is 2.43. The zero-order chi connectivity index (χ0) is 12.3. The average Bonchev–Trinajstić information content (AvgIpc) is 2.20.